The van der Waals surface area contributed by atoms with Gasteiger partial charge in [0.05, 0.1) is 11.4 Å². The van der Waals surface area contributed by atoms with Crippen molar-refractivity contribution < 1.29 is 0 Å². The molecule has 0 spiro atoms. The van der Waals surface area contributed by atoms with E-state index in [0.29, 0.717) is 0 Å². The van der Waals surface area contributed by atoms with Gasteiger partial charge in [-0.05, 0) is 19.1 Å². The molecular weight excluding hydrogens is 176 g/mol. The van der Waals surface area contributed by atoms with Crippen molar-refractivity contribution in [2.45, 2.75) is 6.92 Å². The van der Waals surface area contributed by atoms with Crippen molar-refractivity contribution in [3.05, 3.63) is 42.1 Å². The predicted octanol–water partition coefficient (Wildman–Crippen LogP) is 1.47. The third-order valence-electron chi connectivity index (χ3n) is 1.98. The number of nitrogen functional groups attached to an aromatic ring is 1. The second kappa shape index (κ2) is 3.51. The molecule has 1 heterocycles. The number of rotatable bonds is 2. The number of aryl methyl sites for hydroxylation is 1. The maximum Gasteiger partial charge on any atom is 0.144 e. The van der Waals surface area contributed by atoms with Gasteiger partial charge in [0.15, 0.2) is 0 Å². The van der Waals surface area contributed by atoms with Crippen LogP contribution in [0.3, 0.4) is 0 Å². The minimum atomic E-state index is 0.786. The summed E-state index contributed by atoms with van der Waals surface area (Å²) in [5, 5.41) is 4.33. The first-order valence-electron chi connectivity index (χ1n) is 4.40. The highest BCUT2D eigenvalue weighted by molar-refractivity contribution is 5.44. The fraction of sp³-hybridized carbons (Fsp3) is 0.100. The highest BCUT2D eigenvalue weighted by Gasteiger charge is 2.04. The minimum Gasteiger partial charge on any atom is -0.308 e. The van der Waals surface area contributed by atoms with Crippen LogP contribution in [0.15, 0.2) is 36.4 Å². The van der Waals surface area contributed by atoms with Crippen LogP contribution < -0.4 is 11.3 Å². The van der Waals surface area contributed by atoms with E-state index in [1.54, 1.807) is 4.68 Å². The Hall–Kier alpha value is -1.81. The maximum atomic E-state index is 5.39. The zero-order chi connectivity index (χ0) is 9.97. The smallest absolute Gasteiger partial charge is 0.144 e. The highest BCUT2D eigenvalue weighted by atomic mass is 15.4. The van der Waals surface area contributed by atoms with Crippen LogP contribution in [0.1, 0.15) is 5.69 Å². The van der Waals surface area contributed by atoms with Crippen molar-refractivity contribution in [2.24, 2.45) is 5.84 Å². The molecule has 4 nitrogen and oxygen atoms in total. The van der Waals surface area contributed by atoms with Crippen LogP contribution in [-0.2, 0) is 0 Å². The van der Waals surface area contributed by atoms with E-state index in [-0.39, 0.29) is 0 Å². The van der Waals surface area contributed by atoms with Crippen molar-refractivity contribution in [3.63, 3.8) is 0 Å². The van der Waals surface area contributed by atoms with Crippen LogP contribution in [-0.4, -0.2) is 9.78 Å². The number of hydrazine groups is 1. The van der Waals surface area contributed by atoms with Gasteiger partial charge in [0.1, 0.15) is 5.82 Å². The SMILES string of the molecule is Cc1cc(NN)n(-c2ccccc2)n1. The van der Waals surface area contributed by atoms with Crippen molar-refractivity contribution in [1.82, 2.24) is 9.78 Å². The van der Waals surface area contributed by atoms with E-state index in [0.717, 1.165) is 17.2 Å². The van der Waals surface area contributed by atoms with Gasteiger partial charge in [-0.1, -0.05) is 18.2 Å². The number of nitrogens with one attached hydrogen (secondary N) is 1. The monoisotopic (exact) mass is 188 g/mol. The zero-order valence-electron chi connectivity index (χ0n) is 7.94. The summed E-state index contributed by atoms with van der Waals surface area (Å²) < 4.78 is 1.77. The largest absolute Gasteiger partial charge is 0.308 e. The van der Waals surface area contributed by atoms with Gasteiger partial charge in [-0.2, -0.15) is 5.10 Å². The Bertz CT molecular complexity index is 419. The number of nitrogens with two attached hydrogens (primary N) is 1. The molecule has 1 aromatic heterocycles. The normalized spacial score (nSPS) is 10.1. The molecule has 0 aliphatic rings. The molecular formula is C10H12N4. The molecule has 14 heavy (non-hydrogen) atoms. The molecule has 0 bridgehead atoms. The van der Waals surface area contributed by atoms with Gasteiger partial charge in [0.2, 0.25) is 0 Å². The highest BCUT2D eigenvalue weighted by Crippen LogP contribution is 2.15. The quantitative estimate of drug-likeness (QED) is 0.554. The van der Waals surface area contributed by atoms with Crippen LogP contribution in [0, 0.1) is 6.92 Å². The molecule has 0 atom stereocenters. The molecule has 0 saturated heterocycles. The van der Waals surface area contributed by atoms with Crippen LogP contribution in [0.25, 0.3) is 5.69 Å². The molecule has 0 aliphatic heterocycles. The van der Waals surface area contributed by atoms with Gasteiger partial charge in [-0.25, -0.2) is 10.5 Å². The number of para-hydroxylation sites is 1. The third kappa shape index (κ3) is 1.47. The van der Waals surface area contributed by atoms with Crippen molar-refractivity contribution >= 4 is 5.82 Å². The Balaban J connectivity index is 2.51. The Labute approximate surface area is 82.3 Å². The Morgan fingerprint density at radius 1 is 1.29 bits per heavy atom. The molecule has 2 rings (SSSR count). The summed E-state index contributed by atoms with van der Waals surface area (Å²) in [6, 6.07) is 11.8. The second-order valence-corrected chi connectivity index (χ2v) is 3.06. The lowest BCUT2D eigenvalue weighted by molar-refractivity contribution is 0.863. The number of nitrogens with zero attached hydrogens (tertiary/aromatic N) is 2. The number of hydrogen-bond donors (Lipinski definition) is 2. The average molecular weight is 188 g/mol. The van der Waals surface area contributed by atoms with Gasteiger partial charge >= 0.3 is 0 Å². The summed E-state index contributed by atoms with van der Waals surface area (Å²) in [5.74, 6) is 6.18. The molecule has 2 aromatic rings. The van der Waals surface area contributed by atoms with E-state index in [1.807, 2.05) is 43.3 Å². The molecule has 0 fully saturated rings. The van der Waals surface area contributed by atoms with Gasteiger partial charge in [0, 0.05) is 6.07 Å². The molecule has 0 unspecified atom stereocenters. The van der Waals surface area contributed by atoms with E-state index >= 15 is 0 Å². The standard InChI is InChI=1S/C10H12N4/c1-8-7-10(12-11)14(13-8)9-5-3-2-4-6-9/h2-7,12H,11H2,1H3. The zero-order valence-corrected chi connectivity index (χ0v) is 7.94. The van der Waals surface area contributed by atoms with Gasteiger partial charge < -0.3 is 5.43 Å². The molecule has 72 valence electrons. The van der Waals surface area contributed by atoms with Gasteiger partial charge in [-0.3, -0.25) is 0 Å². The molecule has 3 N–H and O–H groups in total. The number of anilines is 1. The molecule has 0 aliphatic carbocycles. The molecule has 0 amide bonds. The van der Waals surface area contributed by atoms with Crippen molar-refractivity contribution in [3.8, 4) is 5.69 Å². The first-order valence-corrected chi connectivity index (χ1v) is 4.40. The molecule has 4 heteroatoms. The fourth-order valence-corrected chi connectivity index (χ4v) is 1.37. The average Bonchev–Trinajstić information content (AvgIpc) is 2.61. The lowest BCUT2D eigenvalue weighted by atomic mass is 10.3. The van der Waals surface area contributed by atoms with Crippen molar-refractivity contribution in [2.75, 3.05) is 5.43 Å². The van der Waals surface area contributed by atoms with E-state index in [2.05, 4.69) is 10.5 Å². The van der Waals surface area contributed by atoms with Crippen LogP contribution in [0.4, 0.5) is 5.82 Å². The number of hydrogen-bond acceptors (Lipinski definition) is 3. The van der Waals surface area contributed by atoms with Crippen LogP contribution in [0.5, 0.6) is 0 Å². The second-order valence-electron chi connectivity index (χ2n) is 3.06. The molecule has 0 saturated carbocycles. The number of benzene rings is 1. The summed E-state index contributed by atoms with van der Waals surface area (Å²) in [6.45, 7) is 1.93. The minimum absolute atomic E-state index is 0.786. The fourth-order valence-electron chi connectivity index (χ4n) is 1.37. The Morgan fingerprint density at radius 2 is 2.00 bits per heavy atom. The summed E-state index contributed by atoms with van der Waals surface area (Å²) in [6.07, 6.45) is 0. The number of aromatic nitrogens is 2. The summed E-state index contributed by atoms with van der Waals surface area (Å²) in [5.41, 5.74) is 4.54. The Morgan fingerprint density at radius 3 is 2.64 bits per heavy atom. The van der Waals surface area contributed by atoms with Gasteiger partial charge in [-0.15, -0.1) is 0 Å². The van der Waals surface area contributed by atoms with Crippen LogP contribution >= 0.6 is 0 Å². The third-order valence-corrected chi connectivity index (χ3v) is 1.98. The lowest BCUT2D eigenvalue weighted by Gasteiger charge is -2.05. The Kier molecular flexibility index (Phi) is 2.20. The molecule has 0 radical (unpaired) electrons. The maximum absolute atomic E-state index is 5.39. The van der Waals surface area contributed by atoms with Crippen molar-refractivity contribution in [1.29, 1.82) is 0 Å². The predicted molar refractivity (Wildman–Crippen MR) is 56.1 cm³/mol. The lowest BCUT2D eigenvalue weighted by Crippen LogP contribution is -2.11. The first-order chi connectivity index (χ1) is 6.81. The van der Waals surface area contributed by atoms with Crippen LogP contribution in [0.2, 0.25) is 0 Å². The van der Waals surface area contributed by atoms with E-state index in [1.165, 1.54) is 0 Å². The van der Waals surface area contributed by atoms with Gasteiger partial charge in [0.25, 0.3) is 0 Å². The molecule has 1 aromatic carbocycles. The summed E-state index contributed by atoms with van der Waals surface area (Å²) in [7, 11) is 0. The van der Waals surface area contributed by atoms with E-state index < -0.39 is 0 Å². The van der Waals surface area contributed by atoms with E-state index in [9.17, 15) is 0 Å². The topological polar surface area (TPSA) is 55.9 Å². The van der Waals surface area contributed by atoms with E-state index in [4.69, 9.17) is 5.84 Å². The summed E-state index contributed by atoms with van der Waals surface area (Å²) in [4.78, 5) is 0. The first kappa shape index (κ1) is 8.77. The summed E-state index contributed by atoms with van der Waals surface area (Å²) >= 11 is 0.